The Morgan fingerprint density at radius 1 is 1.40 bits per heavy atom. The van der Waals surface area contributed by atoms with Crippen molar-refractivity contribution >= 4 is 17.2 Å². The normalized spacial score (nSPS) is 12.1. The van der Waals surface area contributed by atoms with Gasteiger partial charge in [0.2, 0.25) is 0 Å². The molecule has 106 valence electrons. The van der Waals surface area contributed by atoms with Crippen LogP contribution in [0.15, 0.2) is 35.7 Å². The Labute approximate surface area is 121 Å². The molecule has 2 aromatic rings. The van der Waals surface area contributed by atoms with Crippen LogP contribution in [0.5, 0.6) is 0 Å². The van der Waals surface area contributed by atoms with Gasteiger partial charge in [-0.05, 0) is 12.1 Å². The molecule has 20 heavy (non-hydrogen) atoms. The number of amides is 1. The Morgan fingerprint density at radius 2 is 2.15 bits per heavy atom. The molecule has 0 radical (unpaired) electrons. The number of nitrogens with one attached hydrogen (secondary N) is 1. The smallest absolute Gasteiger partial charge is 0.270 e. The number of thiazole rings is 1. The highest BCUT2D eigenvalue weighted by atomic mass is 32.1. The summed E-state index contributed by atoms with van der Waals surface area (Å²) in [6.07, 6.45) is -0.0489. The van der Waals surface area contributed by atoms with Gasteiger partial charge in [-0.1, -0.05) is 30.3 Å². The molecular formula is C14H17N3O2S. The molecule has 4 N–H and O–H groups in total. The number of carbonyl (C=O) groups excluding carboxylic acids is 1. The van der Waals surface area contributed by atoms with Crippen LogP contribution in [0, 0.1) is 0 Å². The number of aliphatic hydroxyl groups excluding tert-OH is 1. The van der Waals surface area contributed by atoms with E-state index in [0.717, 1.165) is 10.6 Å². The summed E-state index contributed by atoms with van der Waals surface area (Å²) >= 11 is 1.42. The highest BCUT2D eigenvalue weighted by molar-refractivity contribution is 7.09. The van der Waals surface area contributed by atoms with Crippen molar-refractivity contribution in [3.8, 4) is 0 Å². The van der Waals surface area contributed by atoms with E-state index < -0.39 is 6.10 Å². The number of hydrogen-bond acceptors (Lipinski definition) is 5. The van der Waals surface area contributed by atoms with Gasteiger partial charge in [0.05, 0.1) is 11.1 Å². The lowest BCUT2D eigenvalue weighted by Crippen LogP contribution is -2.28. The Balaban J connectivity index is 1.88. The maximum atomic E-state index is 11.9. The van der Waals surface area contributed by atoms with E-state index in [0.29, 0.717) is 18.7 Å². The van der Waals surface area contributed by atoms with Crippen molar-refractivity contribution in [3.05, 3.63) is 52.0 Å². The third kappa shape index (κ3) is 3.86. The Bertz CT molecular complexity index is 557. The SMILES string of the molecule is NCCc1nc(C(=O)NCC(O)c2ccccc2)cs1. The van der Waals surface area contributed by atoms with Gasteiger partial charge in [0, 0.05) is 18.3 Å². The minimum Gasteiger partial charge on any atom is -0.387 e. The first-order valence-corrected chi connectivity index (χ1v) is 7.24. The van der Waals surface area contributed by atoms with E-state index in [-0.39, 0.29) is 12.5 Å². The largest absolute Gasteiger partial charge is 0.387 e. The Hall–Kier alpha value is -1.76. The molecule has 1 atom stereocenters. The molecule has 1 aromatic heterocycles. The van der Waals surface area contributed by atoms with Crippen molar-refractivity contribution in [2.75, 3.05) is 13.1 Å². The number of aliphatic hydroxyl groups is 1. The molecule has 0 aliphatic rings. The van der Waals surface area contributed by atoms with Gasteiger partial charge in [-0.25, -0.2) is 4.98 Å². The van der Waals surface area contributed by atoms with E-state index in [1.807, 2.05) is 30.3 Å². The minimum atomic E-state index is -0.720. The predicted octanol–water partition coefficient (Wildman–Crippen LogP) is 1.11. The van der Waals surface area contributed by atoms with Crippen molar-refractivity contribution in [1.29, 1.82) is 0 Å². The minimum absolute atomic E-state index is 0.159. The fourth-order valence-corrected chi connectivity index (χ4v) is 2.52. The van der Waals surface area contributed by atoms with Gasteiger partial charge >= 0.3 is 0 Å². The van der Waals surface area contributed by atoms with Crippen LogP contribution in [0.25, 0.3) is 0 Å². The molecule has 0 saturated carbocycles. The van der Waals surface area contributed by atoms with E-state index in [1.54, 1.807) is 5.38 Å². The first-order valence-electron chi connectivity index (χ1n) is 6.36. The highest BCUT2D eigenvalue weighted by Crippen LogP contribution is 2.12. The predicted molar refractivity (Wildman–Crippen MR) is 78.6 cm³/mol. The molecule has 0 fully saturated rings. The zero-order chi connectivity index (χ0) is 14.4. The van der Waals surface area contributed by atoms with Crippen molar-refractivity contribution in [3.63, 3.8) is 0 Å². The maximum absolute atomic E-state index is 11.9. The summed E-state index contributed by atoms with van der Waals surface area (Å²) in [4.78, 5) is 16.1. The Kier molecular flexibility index (Phi) is 5.23. The third-order valence-corrected chi connectivity index (χ3v) is 3.69. The lowest BCUT2D eigenvalue weighted by Gasteiger charge is -2.11. The van der Waals surface area contributed by atoms with Crippen LogP contribution in [-0.2, 0) is 6.42 Å². The molecule has 0 spiro atoms. The second-order valence-electron chi connectivity index (χ2n) is 4.30. The van der Waals surface area contributed by atoms with Crippen molar-refractivity contribution < 1.29 is 9.90 Å². The number of nitrogens with zero attached hydrogens (tertiary/aromatic N) is 1. The van der Waals surface area contributed by atoms with E-state index in [9.17, 15) is 9.90 Å². The van der Waals surface area contributed by atoms with Gasteiger partial charge in [0.1, 0.15) is 5.69 Å². The second kappa shape index (κ2) is 7.14. The molecular weight excluding hydrogens is 274 g/mol. The molecule has 1 heterocycles. The van der Waals surface area contributed by atoms with E-state index in [1.165, 1.54) is 11.3 Å². The van der Waals surface area contributed by atoms with Gasteiger partial charge in [0.15, 0.2) is 0 Å². The average molecular weight is 291 g/mol. The van der Waals surface area contributed by atoms with Gasteiger partial charge < -0.3 is 16.2 Å². The molecule has 0 saturated heterocycles. The van der Waals surface area contributed by atoms with Crippen LogP contribution >= 0.6 is 11.3 Å². The summed E-state index contributed by atoms with van der Waals surface area (Å²) in [6, 6.07) is 9.21. The van der Waals surface area contributed by atoms with E-state index in [4.69, 9.17) is 5.73 Å². The maximum Gasteiger partial charge on any atom is 0.270 e. The summed E-state index contributed by atoms with van der Waals surface area (Å²) in [6.45, 7) is 0.674. The monoisotopic (exact) mass is 291 g/mol. The summed E-state index contributed by atoms with van der Waals surface area (Å²) in [5.74, 6) is -0.278. The molecule has 1 unspecified atom stereocenters. The third-order valence-electron chi connectivity index (χ3n) is 2.78. The van der Waals surface area contributed by atoms with Gasteiger partial charge in [0.25, 0.3) is 5.91 Å². The first-order chi connectivity index (χ1) is 9.70. The van der Waals surface area contributed by atoms with Gasteiger partial charge in [-0.15, -0.1) is 11.3 Å². The van der Waals surface area contributed by atoms with Gasteiger partial charge in [-0.3, -0.25) is 4.79 Å². The average Bonchev–Trinajstić information content (AvgIpc) is 2.94. The van der Waals surface area contributed by atoms with E-state index in [2.05, 4.69) is 10.3 Å². The Morgan fingerprint density at radius 3 is 2.85 bits per heavy atom. The highest BCUT2D eigenvalue weighted by Gasteiger charge is 2.13. The van der Waals surface area contributed by atoms with Crippen LogP contribution in [0.2, 0.25) is 0 Å². The van der Waals surface area contributed by atoms with Crippen LogP contribution < -0.4 is 11.1 Å². The fraction of sp³-hybridized carbons (Fsp3) is 0.286. The summed E-state index contributed by atoms with van der Waals surface area (Å²) in [5.41, 5.74) is 6.59. The zero-order valence-electron chi connectivity index (χ0n) is 11.0. The molecule has 1 amide bonds. The quantitative estimate of drug-likeness (QED) is 0.744. The molecule has 1 aromatic carbocycles. The number of benzene rings is 1. The standard InChI is InChI=1S/C14H17N3O2S/c15-7-6-13-17-11(9-20-13)14(19)16-8-12(18)10-4-2-1-3-5-10/h1-5,9,12,18H,6-8,15H2,(H,16,19). The summed E-state index contributed by atoms with van der Waals surface area (Å²) in [5, 5.41) is 15.2. The number of hydrogen-bond donors (Lipinski definition) is 3. The van der Waals surface area contributed by atoms with Crippen molar-refractivity contribution in [2.45, 2.75) is 12.5 Å². The zero-order valence-corrected chi connectivity index (χ0v) is 11.8. The summed E-state index contributed by atoms with van der Waals surface area (Å²) < 4.78 is 0. The van der Waals surface area contributed by atoms with Crippen molar-refractivity contribution in [1.82, 2.24) is 10.3 Å². The molecule has 2 rings (SSSR count). The number of aromatic nitrogens is 1. The number of carbonyl (C=O) groups is 1. The van der Waals surface area contributed by atoms with Crippen LogP contribution in [0.1, 0.15) is 27.2 Å². The molecule has 0 bridgehead atoms. The number of rotatable bonds is 6. The van der Waals surface area contributed by atoms with Gasteiger partial charge in [-0.2, -0.15) is 0 Å². The molecule has 0 aliphatic heterocycles. The van der Waals surface area contributed by atoms with Crippen LogP contribution in [0.4, 0.5) is 0 Å². The van der Waals surface area contributed by atoms with Crippen molar-refractivity contribution in [2.24, 2.45) is 5.73 Å². The number of nitrogens with two attached hydrogens (primary N) is 1. The van der Waals surface area contributed by atoms with Crippen LogP contribution in [0.3, 0.4) is 0 Å². The topological polar surface area (TPSA) is 88.2 Å². The summed E-state index contributed by atoms with van der Waals surface area (Å²) in [7, 11) is 0. The lowest BCUT2D eigenvalue weighted by molar-refractivity contribution is 0.0912. The molecule has 5 nitrogen and oxygen atoms in total. The fourth-order valence-electron chi connectivity index (χ4n) is 1.73. The first kappa shape index (κ1) is 14.6. The van der Waals surface area contributed by atoms with Crippen LogP contribution in [-0.4, -0.2) is 29.1 Å². The van der Waals surface area contributed by atoms with E-state index >= 15 is 0 Å². The second-order valence-corrected chi connectivity index (χ2v) is 5.24. The molecule has 6 heteroatoms. The molecule has 0 aliphatic carbocycles. The lowest BCUT2D eigenvalue weighted by atomic mass is 10.1.